The van der Waals surface area contributed by atoms with E-state index in [1.807, 2.05) is 0 Å². The third-order valence-corrected chi connectivity index (χ3v) is 13.8. The summed E-state index contributed by atoms with van der Waals surface area (Å²) in [6.07, 6.45) is 15.8. The maximum Gasteiger partial charge on any atom is 0.0629 e. The van der Waals surface area contributed by atoms with E-state index in [0.29, 0.717) is 5.92 Å². The van der Waals surface area contributed by atoms with Crippen LogP contribution in [0.5, 0.6) is 0 Å². The molecule has 6 bridgehead atoms. The average Bonchev–Trinajstić information content (AvgIpc) is 3.62. The fourth-order valence-electron chi connectivity index (χ4n) is 11.1. The molecule has 1 heterocycles. The average molecular weight is 791 g/mol. The quantitative estimate of drug-likeness (QED) is 0.166. The van der Waals surface area contributed by atoms with E-state index >= 15 is 0 Å². The SMILES string of the molecule is C1=CC2c3ccc(N(C4=CC=C(c5ccc6c(c5)-c5c7cccc5-c5cccc-6c5-c5ccccc5-7)CC4)c4ccccc4-c4ccccc4)cc3N(c3ccccc3)C2C=C1. The van der Waals surface area contributed by atoms with Gasteiger partial charge in [-0.15, -0.1) is 0 Å². The smallest absolute Gasteiger partial charge is 0.0629 e. The summed E-state index contributed by atoms with van der Waals surface area (Å²) in [4.78, 5) is 5.07. The third-order valence-electron chi connectivity index (χ3n) is 13.8. The first-order chi connectivity index (χ1) is 30.8. The lowest BCUT2D eigenvalue weighted by molar-refractivity contribution is 0.745. The van der Waals surface area contributed by atoms with Gasteiger partial charge in [0.15, 0.2) is 0 Å². The van der Waals surface area contributed by atoms with E-state index in [4.69, 9.17) is 0 Å². The zero-order chi connectivity index (χ0) is 40.7. The number of allylic oxidation sites excluding steroid dienone is 6. The zero-order valence-electron chi connectivity index (χ0n) is 34.2. The molecule has 0 N–H and O–H groups in total. The van der Waals surface area contributed by atoms with E-state index in [2.05, 4.69) is 228 Å². The summed E-state index contributed by atoms with van der Waals surface area (Å²) in [5.41, 5.74) is 25.8. The molecule has 2 atom stereocenters. The van der Waals surface area contributed by atoms with Crippen molar-refractivity contribution in [3.05, 3.63) is 235 Å². The Kier molecular flexibility index (Phi) is 7.90. The normalized spacial score (nSPS) is 16.9. The van der Waals surface area contributed by atoms with E-state index in [-0.39, 0.29) is 6.04 Å². The van der Waals surface area contributed by atoms with Crippen LogP contribution < -0.4 is 9.80 Å². The minimum Gasteiger partial charge on any atom is -0.333 e. The van der Waals surface area contributed by atoms with Gasteiger partial charge in [0.25, 0.3) is 0 Å². The molecule has 0 spiro atoms. The lowest BCUT2D eigenvalue weighted by Gasteiger charge is -2.33. The highest BCUT2D eigenvalue weighted by atomic mass is 15.2. The number of para-hydroxylation sites is 2. The molecule has 0 fully saturated rings. The van der Waals surface area contributed by atoms with Gasteiger partial charge in [-0.25, -0.2) is 0 Å². The molecule has 62 heavy (non-hydrogen) atoms. The zero-order valence-corrected chi connectivity index (χ0v) is 34.2. The molecule has 292 valence electrons. The van der Waals surface area contributed by atoms with Gasteiger partial charge in [-0.1, -0.05) is 176 Å². The Hall–Kier alpha value is -7.68. The Morgan fingerprint density at radius 3 is 1.82 bits per heavy atom. The molecule has 8 aromatic rings. The van der Waals surface area contributed by atoms with Crippen molar-refractivity contribution in [1.29, 1.82) is 0 Å². The predicted molar refractivity (Wildman–Crippen MR) is 260 cm³/mol. The first-order valence-corrected chi connectivity index (χ1v) is 22.0. The van der Waals surface area contributed by atoms with Crippen molar-refractivity contribution in [2.75, 3.05) is 9.80 Å². The molecular formula is C60H42N2. The molecule has 0 aromatic heterocycles. The number of anilines is 4. The van der Waals surface area contributed by atoms with Gasteiger partial charge < -0.3 is 9.80 Å². The van der Waals surface area contributed by atoms with Crippen molar-refractivity contribution in [3.63, 3.8) is 0 Å². The highest BCUT2D eigenvalue weighted by Gasteiger charge is 2.38. The molecule has 0 saturated carbocycles. The van der Waals surface area contributed by atoms with Crippen molar-refractivity contribution >= 4 is 28.3 Å². The Balaban J connectivity index is 0.953. The van der Waals surface area contributed by atoms with Gasteiger partial charge in [0.05, 0.1) is 11.7 Å². The molecule has 2 heteroatoms. The van der Waals surface area contributed by atoms with Crippen LogP contribution in [-0.2, 0) is 0 Å². The number of fused-ring (bicyclic) bond motifs is 7. The van der Waals surface area contributed by atoms with Gasteiger partial charge in [-0.05, 0) is 133 Å². The third kappa shape index (κ3) is 5.29. The van der Waals surface area contributed by atoms with Gasteiger partial charge in [-0.2, -0.15) is 0 Å². The molecule has 2 nitrogen and oxygen atoms in total. The predicted octanol–water partition coefficient (Wildman–Crippen LogP) is 15.9. The molecule has 0 amide bonds. The summed E-state index contributed by atoms with van der Waals surface area (Å²) in [5, 5.41) is 0. The van der Waals surface area contributed by atoms with Crippen LogP contribution in [0.15, 0.2) is 224 Å². The summed E-state index contributed by atoms with van der Waals surface area (Å²) in [5.74, 6) is 0.302. The lowest BCUT2D eigenvalue weighted by atomic mass is 9.82. The maximum absolute atomic E-state index is 2.54. The van der Waals surface area contributed by atoms with Crippen molar-refractivity contribution < 1.29 is 0 Å². The maximum atomic E-state index is 2.54. The van der Waals surface area contributed by atoms with Gasteiger partial charge in [0.1, 0.15) is 0 Å². The van der Waals surface area contributed by atoms with E-state index in [0.717, 1.165) is 12.8 Å². The van der Waals surface area contributed by atoms with Crippen LogP contribution in [0.3, 0.4) is 0 Å². The highest BCUT2D eigenvalue weighted by Crippen LogP contribution is 2.58. The summed E-state index contributed by atoms with van der Waals surface area (Å²) < 4.78 is 0. The standard InChI is InChI=1S/C60H42N2/c1-3-15-40(16-4-1)45-19-9-11-27-56(45)61(44-34-36-49-48-21-10-12-28-57(48)62(58(49)38-44)42-17-5-2-6-18-42)43-32-29-39(30-33-43)41-31-35-47-52-24-14-25-53-54-26-13-23-51(60(54)55(47)37-41)46-20-7-8-22-50(46)59(52)53/h1-29,31-32,34-38,48,57H,30,33H2. The van der Waals surface area contributed by atoms with Crippen LogP contribution in [0, 0.1) is 0 Å². The van der Waals surface area contributed by atoms with Crippen LogP contribution in [-0.4, -0.2) is 6.04 Å². The number of rotatable bonds is 6. The number of hydrogen-bond donors (Lipinski definition) is 0. The minimum absolute atomic E-state index is 0.236. The number of benzene rings is 8. The van der Waals surface area contributed by atoms with Crippen LogP contribution in [0.2, 0.25) is 0 Å². The van der Waals surface area contributed by atoms with Crippen molar-refractivity contribution in [2.24, 2.45) is 0 Å². The van der Waals surface area contributed by atoms with Crippen molar-refractivity contribution in [1.82, 2.24) is 0 Å². The molecular weight excluding hydrogens is 749 g/mol. The van der Waals surface area contributed by atoms with E-state index in [1.54, 1.807) is 0 Å². The Morgan fingerprint density at radius 2 is 1.06 bits per heavy atom. The topological polar surface area (TPSA) is 6.48 Å². The van der Waals surface area contributed by atoms with Crippen LogP contribution >= 0.6 is 0 Å². The molecule has 8 aromatic carbocycles. The largest absolute Gasteiger partial charge is 0.333 e. The number of nitrogens with zero attached hydrogens (tertiary/aromatic N) is 2. The summed E-state index contributed by atoms with van der Waals surface area (Å²) in [6, 6.07) is 68.0. The molecule has 1 aliphatic heterocycles. The van der Waals surface area contributed by atoms with E-state index in [9.17, 15) is 0 Å². The monoisotopic (exact) mass is 790 g/mol. The Bertz CT molecular complexity index is 3230. The second-order valence-corrected chi connectivity index (χ2v) is 17.1. The summed E-state index contributed by atoms with van der Waals surface area (Å²) in [6.45, 7) is 0. The molecule has 13 rings (SSSR count). The van der Waals surface area contributed by atoms with Gasteiger partial charge >= 0.3 is 0 Å². The van der Waals surface area contributed by atoms with Gasteiger partial charge in [0, 0.05) is 34.2 Å². The summed E-state index contributed by atoms with van der Waals surface area (Å²) in [7, 11) is 0. The molecule has 2 unspecified atom stereocenters. The van der Waals surface area contributed by atoms with Crippen LogP contribution in [0.4, 0.5) is 22.7 Å². The number of hydrogen-bond acceptors (Lipinski definition) is 2. The van der Waals surface area contributed by atoms with Gasteiger partial charge in [0.2, 0.25) is 0 Å². The van der Waals surface area contributed by atoms with Crippen molar-refractivity contribution in [2.45, 2.75) is 24.8 Å². The fraction of sp³-hybridized carbons (Fsp3) is 0.0667. The molecule has 5 aliphatic rings. The second-order valence-electron chi connectivity index (χ2n) is 17.1. The Morgan fingerprint density at radius 1 is 0.435 bits per heavy atom. The first kappa shape index (κ1) is 35.1. The van der Waals surface area contributed by atoms with Crippen LogP contribution in [0.1, 0.15) is 29.9 Å². The highest BCUT2D eigenvalue weighted by molar-refractivity contribution is 6.15. The molecule has 0 saturated heterocycles. The molecule has 4 aliphatic carbocycles. The second kappa shape index (κ2) is 13.9. The molecule has 0 radical (unpaired) electrons. The van der Waals surface area contributed by atoms with E-state index < -0.39 is 0 Å². The lowest BCUT2D eigenvalue weighted by Crippen LogP contribution is -2.28. The summed E-state index contributed by atoms with van der Waals surface area (Å²) >= 11 is 0. The Labute approximate surface area is 363 Å². The fourth-order valence-corrected chi connectivity index (χ4v) is 11.1. The van der Waals surface area contributed by atoms with Crippen molar-refractivity contribution in [3.8, 4) is 66.8 Å². The van der Waals surface area contributed by atoms with E-state index in [1.165, 1.54) is 112 Å². The first-order valence-electron chi connectivity index (χ1n) is 22.0. The van der Waals surface area contributed by atoms with Crippen LogP contribution in [0.25, 0.3) is 72.3 Å². The minimum atomic E-state index is 0.236. The van der Waals surface area contributed by atoms with Gasteiger partial charge in [-0.3, -0.25) is 0 Å².